The van der Waals surface area contributed by atoms with E-state index >= 15 is 0 Å². The van der Waals surface area contributed by atoms with Crippen LogP contribution in [0.3, 0.4) is 0 Å². The molecule has 116 valence electrons. The number of fused-ring (bicyclic) bond motifs is 1. The minimum atomic E-state index is 0.205. The summed E-state index contributed by atoms with van der Waals surface area (Å²) in [4.78, 5) is 0. The van der Waals surface area contributed by atoms with Gasteiger partial charge in [-0.2, -0.15) is 5.26 Å². The summed E-state index contributed by atoms with van der Waals surface area (Å²) in [6, 6.07) is 17.4. The normalized spacial score (nSPS) is 12.5. The molecule has 1 atom stereocenters. The fraction of sp³-hybridized carbons (Fsp3) is 0.389. The quantitative estimate of drug-likeness (QED) is 0.446. The largest absolute Gasteiger partial charge is 0.315 e. The molecule has 0 aromatic heterocycles. The van der Waals surface area contributed by atoms with E-state index in [-0.39, 0.29) is 6.04 Å². The number of hydrogen-bond acceptors (Lipinski definition) is 4. The zero-order valence-electron chi connectivity index (χ0n) is 13.1. The molecule has 0 aliphatic heterocycles. The molecule has 22 heavy (non-hydrogen) atoms. The molecular weight excluding hydrogens is 272 g/mol. The number of rotatable bonds is 8. The Morgan fingerprint density at radius 1 is 1.23 bits per heavy atom. The molecule has 2 aromatic carbocycles. The van der Waals surface area contributed by atoms with Gasteiger partial charge in [-0.1, -0.05) is 42.5 Å². The molecule has 4 nitrogen and oxygen atoms in total. The first kappa shape index (κ1) is 16.4. The van der Waals surface area contributed by atoms with Gasteiger partial charge < -0.3 is 5.32 Å². The van der Waals surface area contributed by atoms with E-state index in [1.165, 1.54) is 16.3 Å². The van der Waals surface area contributed by atoms with Gasteiger partial charge in [0.2, 0.25) is 0 Å². The molecule has 1 unspecified atom stereocenters. The lowest BCUT2D eigenvalue weighted by molar-refractivity contribution is 0.231. The van der Waals surface area contributed by atoms with Gasteiger partial charge in [-0.05, 0) is 35.7 Å². The summed E-state index contributed by atoms with van der Waals surface area (Å²) >= 11 is 0. The fourth-order valence-corrected chi connectivity index (χ4v) is 2.58. The summed E-state index contributed by atoms with van der Waals surface area (Å²) in [7, 11) is 1.85. The third kappa shape index (κ3) is 4.81. The molecule has 0 aliphatic carbocycles. The van der Waals surface area contributed by atoms with Crippen LogP contribution in [0.4, 0.5) is 0 Å². The summed E-state index contributed by atoms with van der Waals surface area (Å²) in [6.07, 6.45) is 2.33. The minimum absolute atomic E-state index is 0.205. The van der Waals surface area contributed by atoms with Gasteiger partial charge in [0.15, 0.2) is 0 Å². The summed E-state index contributed by atoms with van der Waals surface area (Å²) in [6.45, 7) is 1.72. The van der Waals surface area contributed by atoms with Crippen molar-refractivity contribution in [3.05, 3.63) is 48.0 Å². The van der Waals surface area contributed by atoms with Crippen LogP contribution in [-0.4, -0.2) is 31.2 Å². The lowest BCUT2D eigenvalue weighted by Crippen LogP contribution is -2.44. The molecule has 0 radical (unpaired) electrons. The number of nitrogens with zero attached hydrogens (tertiary/aromatic N) is 2. The number of hydrazine groups is 1. The maximum absolute atomic E-state index is 8.67. The number of likely N-dealkylation sites (N-methyl/N-ethyl adjacent to an activating group) is 1. The van der Waals surface area contributed by atoms with E-state index in [0.717, 1.165) is 25.9 Å². The maximum atomic E-state index is 8.67. The SMILES string of the molecule is CN(N)C(CCC#N)CNCCc1ccc2ccccc2c1. The standard InChI is InChI=1S/C18H24N4/c1-22(20)18(7-4-11-19)14-21-12-10-15-8-9-16-5-2-3-6-17(16)13-15/h2-3,5-6,8-9,13,18,21H,4,7,10,12,14,20H2,1H3. The summed E-state index contributed by atoms with van der Waals surface area (Å²) < 4.78 is 0. The Balaban J connectivity index is 1.80. The van der Waals surface area contributed by atoms with Gasteiger partial charge in [0, 0.05) is 26.1 Å². The average molecular weight is 296 g/mol. The van der Waals surface area contributed by atoms with Gasteiger partial charge in [0.1, 0.15) is 0 Å². The Morgan fingerprint density at radius 2 is 2.00 bits per heavy atom. The van der Waals surface area contributed by atoms with Crippen molar-refractivity contribution in [2.45, 2.75) is 25.3 Å². The van der Waals surface area contributed by atoms with E-state index in [9.17, 15) is 0 Å². The van der Waals surface area contributed by atoms with E-state index in [0.29, 0.717) is 6.42 Å². The number of nitrogens with two attached hydrogens (primary N) is 1. The van der Waals surface area contributed by atoms with Crippen molar-refractivity contribution in [1.29, 1.82) is 5.26 Å². The van der Waals surface area contributed by atoms with Gasteiger partial charge in [-0.15, -0.1) is 0 Å². The van der Waals surface area contributed by atoms with E-state index in [4.69, 9.17) is 11.1 Å². The smallest absolute Gasteiger partial charge is 0.0622 e. The predicted octanol–water partition coefficient (Wildman–Crippen LogP) is 2.45. The van der Waals surface area contributed by atoms with Crippen molar-refractivity contribution in [2.75, 3.05) is 20.1 Å². The highest BCUT2D eigenvalue weighted by Gasteiger charge is 2.10. The van der Waals surface area contributed by atoms with Crippen molar-refractivity contribution in [2.24, 2.45) is 5.84 Å². The highest BCUT2D eigenvalue weighted by Crippen LogP contribution is 2.15. The van der Waals surface area contributed by atoms with Crippen LogP contribution in [-0.2, 0) is 6.42 Å². The van der Waals surface area contributed by atoms with E-state index in [1.807, 2.05) is 7.05 Å². The van der Waals surface area contributed by atoms with Crippen LogP contribution < -0.4 is 11.2 Å². The Labute approximate surface area is 132 Å². The van der Waals surface area contributed by atoms with Crippen LogP contribution in [0.15, 0.2) is 42.5 Å². The molecule has 4 heteroatoms. The summed E-state index contributed by atoms with van der Waals surface area (Å²) in [5.41, 5.74) is 1.33. The predicted molar refractivity (Wildman–Crippen MR) is 91.1 cm³/mol. The highest BCUT2D eigenvalue weighted by molar-refractivity contribution is 5.82. The van der Waals surface area contributed by atoms with E-state index < -0.39 is 0 Å². The van der Waals surface area contributed by atoms with Crippen molar-refractivity contribution in [1.82, 2.24) is 10.3 Å². The molecule has 0 saturated carbocycles. The first-order valence-electron chi connectivity index (χ1n) is 7.73. The monoisotopic (exact) mass is 296 g/mol. The van der Waals surface area contributed by atoms with Crippen LogP contribution in [0.25, 0.3) is 10.8 Å². The maximum Gasteiger partial charge on any atom is 0.0622 e. The molecule has 0 spiro atoms. The summed E-state index contributed by atoms with van der Waals surface area (Å²) in [5.74, 6) is 5.82. The Kier molecular flexibility index (Phi) is 6.35. The molecule has 0 aliphatic rings. The van der Waals surface area contributed by atoms with Crippen LogP contribution in [0.5, 0.6) is 0 Å². The Morgan fingerprint density at radius 3 is 2.73 bits per heavy atom. The second-order valence-electron chi connectivity index (χ2n) is 5.65. The van der Waals surface area contributed by atoms with Crippen LogP contribution in [0.2, 0.25) is 0 Å². The Hall–Kier alpha value is -1.93. The van der Waals surface area contributed by atoms with Crippen LogP contribution in [0.1, 0.15) is 18.4 Å². The fourth-order valence-electron chi connectivity index (χ4n) is 2.58. The molecule has 3 N–H and O–H groups in total. The van der Waals surface area contributed by atoms with Crippen LogP contribution in [0, 0.1) is 11.3 Å². The summed E-state index contributed by atoms with van der Waals surface area (Å²) in [5, 5.41) is 16.4. The minimum Gasteiger partial charge on any atom is -0.315 e. The molecule has 2 aromatic rings. The third-order valence-corrected chi connectivity index (χ3v) is 3.95. The topological polar surface area (TPSA) is 65.1 Å². The van der Waals surface area contributed by atoms with Gasteiger partial charge >= 0.3 is 0 Å². The molecule has 0 bridgehead atoms. The number of nitriles is 1. The van der Waals surface area contributed by atoms with Gasteiger partial charge in [-0.3, -0.25) is 5.84 Å². The molecule has 0 saturated heterocycles. The zero-order chi connectivity index (χ0) is 15.8. The molecular formula is C18H24N4. The molecule has 0 heterocycles. The Bertz CT molecular complexity index is 630. The lowest BCUT2D eigenvalue weighted by atomic mass is 10.1. The zero-order valence-corrected chi connectivity index (χ0v) is 13.1. The number of benzene rings is 2. The highest BCUT2D eigenvalue weighted by atomic mass is 15.4. The average Bonchev–Trinajstić information content (AvgIpc) is 2.53. The van der Waals surface area contributed by atoms with Crippen molar-refractivity contribution in [3.63, 3.8) is 0 Å². The molecule has 0 fully saturated rings. The van der Waals surface area contributed by atoms with E-state index in [1.54, 1.807) is 5.01 Å². The van der Waals surface area contributed by atoms with Gasteiger partial charge in [0.05, 0.1) is 6.07 Å². The van der Waals surface area contributed by atoms with Crippen molar-refractivity contribution >= 4 is 10.8 Å². The van der Waals surface area contributed by atoms with Crippen LogP contribution >= 0.6 is 0 Å². The first-order valence-corrected chi connectivity index (χ1v) is 7.73. The third-order valence-electron chi connectivity index (χ3n) is 3.95. The van der Waals surface area contributed by atoms with Gasteiger partial charge in [-0.25, -0.2) is 5.01 Å². The second kappa shape index (κ2) is 8.50. The molecule has 0 amide bonds. The molecule has 2 rings (SSSR count). The number of hydrogen-bond donors (Lipinski definition) is 2. The van der Waals surface area contributed by atoms with Crippen molar-refractivity contribution < 1.29 is 0 Å². The first-order chi connectivity index (χ1) is 10.7. The van der Waals surface area contributed by atoms with Gasteiger partial charge in [0.25, 0.3) is 0 Å². The van der Waals surface area contributed by atoms with E-state index in [2.05, 4.69) is 53.9 Å². The second-order valence-corrected chi connectivity index (χ2v) is 5.65. The lowest BCUT2D eigenvalue weighted by Gasteiger charge is -2.23. The van der Waals surface area contributed by atoms with Crippen molar-refractivity contribution in [3.8, 4) is 6.07 Å². The number of nitrogens with one attached hydrogen (secondary N) is 1.